The molecule has 0 spiro atoms. The van der Waals surface area contributed by atoms with Crippen molar-refractivity contribution in [1.29, 1.82) is 0 Å². The summed E-state index contributed by atoms with van der Waals surface area (Å²) in [6, 6.07) is 0.903. The van der Waals surface area contributed by atoms with Gasteiger partial charge in [0.1, 0.15) is 0 Å². The Bertz CT molecular complexity index is 272. The van der Waals surface area contributed by atoms with Gasteiger partial charge in [0.05, 0.1) is 0 Å². The highest BCUT2D eigenvalue weighted by Gasteiger charge is 2.39. The van der Waals surface area contributed by atoms with Crippen LogP contribution in [0.25, 0.3) is 0 Å². The van der Waals surface area contributed by atoms with Crippen LogP contribution < -0.4 is 0 Å². The average Bonchev–Trinajstić information content (AvgIpc) is 2.43. The topological polar surface area (TPSA) is 44.8 Å². The average molecular weight is 351 g/mol. The maximum Gasteiger partial charge on any atom is 0.500 e. The summed E-state index contributed by atoms with van der Waals surface area (Å²) in [4.78, 5) is 11.0. The molecule has 0 fully saturated rings. The van der Waals surface area contributed by atoms with Gasteiger partial charge in [0.2, 0.25) is 0 Å². The molecule has 0 N–H and O–H groups in total. The molecule has 0 saturated carbocycles. The Morgan fingerprint density at radius 2 is 1.45 bits per heavy atom. The van der Waals surface area contributed by atoms with Crippen molar-refractivity contribution in [3.05, 3.63) is 0 Å². The Labute approximate surface area is 142 Å². The molecule has 1 atom stereocenters. The number of carbonyl (C=O) groups excluding carboxylic acids is 1. The highest BCUT2D eigenvalue weighted by atomic mass is 32.2. The quantitative estimate of drug-likeness (QED) is 0.337. The Hall–Kier alpha value is 0.117. The van der Waals surface area contributed by atoms with Crippen LogP contribution in [0.2, 0.25) is 6.04 Å². The molecule has 0 aromatic heterocycles. The van der Waals surface area contributed by atoms with Crippen LogP contribution in [0.4, 0.5) is 0 Å². The van der Waals surface area contributed by atoms with Crippen molar-refractivity contribution in [3.8, 4) is 0 Å². The van der Waals surface area contributed by atoms with Gasteiger partial charge in [-0.05, 0) is 33.6 Å². The molecule has 0 bridgehead atoms. The molecule has 0 aliphatic carbocycles. The van der Waals surface area contributed by atoms with E-state index in [1.54, 1.807) is 6.92 Å². The minimum atomic E-state index is -2.45. The molecular weight excluding hydrogens is 316 g/mol. The molecule has 0 saturated heterocycles. The molecular formula is C16H34O4SSi. The third-order valence-electron chi connectivity index (χ3n) is 3.30. The van der Waals surface area contributed by atoms with Crippen molar-refractivity contribution in [2.75, 3.05) is 19.8 Å². The predicted octanol–water partition coefficient (Wildman–Crippen LogP) is 4.65. The van der Waals surface area contributed by atoms with Crippen LogP contribution >= 0.6 is 11.8 Å². The molecule has 0 rings (SSSR count). The molecule has 0 aliphatic heterocycles. The maximum atomic E-state index is 11.0. The lowest BCUT2D eigenvalue weighted by Gasteiger charge is -2.28. The van der Waals surface area contributed by atoms with Crippen LogP contribution in [0.3, 0.4) is 0 Å². The summed E-state index contributed by atoms with van der Waals surface area (Å²) >= 11 is 1.45. The largest absolute Gasteiger partial charge is 0.500 e. The molecule has 0 heterocycles. The summed E-state index contributed by atoms with van der Waals surface area (Å²) in [6.45, 7) is 11.7. The number of hydrogen-bond donors (Lipinski definition) is 0. The first-order chi connectivity index (χ1) is 10.5. The molecule has 0 aliphatic rings. The van der Waals surface area contributed by atoms with Gasteiger partial charge in [-0.3, -0.25) is 4.79 Å². The van der Waals surface area contributed by atoms with Gasteiger partial charge in [-0.1, -0.05) is 37.9 Å². The fourth-order valence-electron chi connectivity index (χ4n) is 2.47. The SMILES string of the molecule is CCO[Si](CCCCCCC(C)SC(C)=O)(OCC)OCC. The van der Waals surface area contributed by atoms with Gasteiger partial charge in [-0.25, -0.2) is 0 Å². The number of hydrogen-bond acceptors (Lipinski definition) is 5. The third-order valence-corrected chi connectivity index (χ3v) is 7.42. The van der Waals surface area contributed by atoms with Crippen LogP contribution in [0.1, 0.15) is 66.7 Å². The van der Waals surface area contributed by atoms with Crippen LogP contribution in [-0.2, 0) is 18.1 Å². The van der Waals surface area contributed by atoms with E-state index in [9.17, 15) is 4.79 Å². The van der Waals surface area contributed by atoms with E-state index in [0.717, 1.165) is 18.9 Å². The number of rotatable bonds is 14. The lowest BCUT2D eigenvalue weighted by Crippen LogP contribution is -2.45. The molecule has 6 heteroatoms. The van der Waals surface area contributed by atoms with Crippen molar-refractivity contribution in [1.82, 2.24) is 0 Å². The number of carbonyl (C=O) groups is 1. The summed E-state index contributed by atoms with van der Waals surface area (Å²) in [5.41, 5.74) is 0. The smallest absolute Gasteiger partial charge is 0.374 e. The van der Waals surface area contributed by atoms with Crippen molar-refractivity contribution >= 4 is 25.7 Å². The summed E-state index contributed by atoms with van der Waals surface area (Å²) < 4.78 is 17.6. The lowest BCUT2D eigenvalue weighted by molar-refractivity contribution is -0.109. The minimum absolute atomic E-state index is 0.216. The van der Waals surface area contributed by atoms with Gasteiger partial charge in [0.25, 0.3) is 0 Å². The van der Waals surface area contributed by atoms with Gasteiger partial charge in [0, 0.05) is 38.0 Å². The zero-order valence-corrected chi connectivity index (χ0v) is 16.8. The first-order valence-electron chi connectivity index (χ1n) is 8.58. The Kier molecular flexibility index (Phi) is 13.6. The van der Waals surface area contributed by atoms with Gasteiger partial charge in [0.15, 0.2) is 5.12 Å². The monoisotopic (exact) mass is 350 g/mol. The van der Waals surface area contributed by atoms with Crippen LogP contribution in [0, 0.1) is 0 Å². The van der Waals surface area contributed by atoms with E-state index in [2.05, 4.69) is 6.92 Å². The van der Waals surface area contributed by atoms with Gasteiger partial charge in [-0.15, -0.1) is 0 Å². The van der Waals surface area contributed by atoms with Gasteiger partial charge >= 0.3 is 8.80 Å². The Balaban J connectivity index is 3.94. The molecule has 0 radical (unpaired) electrons. The molecule has 1 unspecified atom stereocenters. The zero-order chi connectivity index (χ0) is 16.8. The van der Waals surface area contributed by atoms with Crippen molar-refractivity contribution in [3.63, 3.8) is 0 Å². The standard InChI is InChI=1S/C16H34O4SSi/c1-6-18-22(19-7-2,20-8-3)14-12-10-9-11-13-15(4)21-16(5)17/h15H,6-14H2,1-5H3. The Morgan fingerprint density at radius 3 is 1.91 bits per heavy atom. The fraction of sp³-hybridized carbons (Fsp3) is 0.938. The third kappa shape index (κ3) is 10.8. The normalized spacial score (nSPS) is 13.3. The van der Waals surface area contributed by atoms with Crippen LogP contribution in [0.15, 0.2) is 0 Å². The first-order valence-corrected chi connectivity index (χ1v) is 11.4. The second-order valence-corrected chi connectivity index (χ2v) is 9.70. The highest BCUT2D eigenvalue weighted by molar-refractivity contribution is 8.14. The molecule has 4 nitrogen and oxygen atoms in total. The van der Waals surface area contributed by atoms with E-state index in [1.165, 1.54) is 31.0 Å². The molecule has 0 aromatic carbocycles. The van der Waals surface area contributed by atoms with Crippen LogP contribution in [0.5, 0.6) is 0 Å². The predicted molar refractivity (Wildman–Crippen MR) is 96.3 cm³/mol. The first kappa shape index (κ1) is 22.1. The van der Waals surface area contributed by atoms with E-state index in [4.69, 9.17) is 13.3 Å². The Morgan fingerprint density at radius 1 is 0.955 bits per heavy atom. The summed E-state index contributed by atoms with van der Waals surface area (Å²) in [5, 5.41) is 0.648. The second kappa shape index (κ2) is 13.5. The van der Waals surface area contributed by atoms with E-state index in [1.807, 2.05) is 20.8 Å². The molecule has 0 aromatic rings. The molecule has 22 heavy (non-hydrogen) atoms. The van der Waals surface area contributed by atoms with E-state index < -0.39 is 8.80 Å². The van der Waals surface area contributed by atoms with E-state index >= 15 is 0 Å². The van der Waals surface area contributed by atoms with Crippen molar-refractivity contribution < 1.29 is 18.1 Å². The van der Waals surface area contributed by atoms with Gasteiger partial charge in [-0.2, -0.15) is 0 Å². The number of unbranched alkanes of at least 4 members (excludes halogenated alkanes) is 3. The fourth-order valence-corrected chi connectivity index (χ4v) is 6.01. The summed E-state index contributed by atoms with van der Waals surface area (Å²) in [5.74, 6) is 0. The second-order valence-electron chi connectivity index (χ2n) is 5.35. The highest BCUT2D eigenvalue weighted by Crippen LogP contribution is 2.22. The van der Waals surface area contributed by atoms with Crippen molar-refractivity contribution in [2.45, 2.75) is 78.0 Å². The van der Waals surface area contributed by atoms with E-state index in [-0.39, 0.29) is 5.12 Å². The van der Waals surface area contributed by atoms with E-state index in [0.29, 0.717) is 25.1 Å². The molecule has 132 valence electrons. The summed E-state index contributed by atoms with van der Waals surface area (Å²) in [7, 11) is -2.45. The lowest BCUT2D eigenvalue weighted by atomic mass is 10.1. The minimum Gasteiger partial charge on any atom is -0.374 e. The summed E-state index contributed by atoms with van der Waals surface area (Å²) in [6.07, 6.45) is 5.72. The van der Waals surface area contributed by atoms with Gasteiger partial charge < -0.3 is 13.3 Å². The van der Waals surface area contributed by atoms with Crippen LogP contribution in [-0.4, -0.2) is 39.0 Å². The zero-order valence-electron chi connectivity index (χ0n) is 15.0. The maximum absolute atomic E-state index is 11.0. The molecule has 0 amide bonds. The van der Waals surface area contributed by atoms with Crippen molar-refractivity contribution in [2.24, 2.45) is 0 Å². The number of thioether (sulfide) groups is 1.